The normalized spacial score (nSPS) is 10.1. The van der Waals surface area contributed by atoms with E-state index in [-0.39, 0.29) is 18.3 Å². The molecule has 0 fully saturated rings. The highest BCUT2D eigenvalue weighted by Gasteiger charge is 2.01. The molecule has 1 heterocycles. The van der Waals surface area contributed by atoms with Gasteiger partial charge in [0.1, 0.15) is 11.6 Å². The van der Waals surface area contributed by atoms with Crippen LogP contribution in [0.15, 0.2) is 36.7 Å². The van der Waals surface area contributed by atoms with Gasteiger partial charge in [-0.2, -0.15) is 0 Å². The Hall–Kier alpha value is -2.01. The van der Waals surface area contributed by atoms with E-state index in [1.54, 1.807) is 6.07 Å². The summed E-state index contributed by atoms with van der Waals surface area (Å²) in [5.41, 5.74) is 0.397. The molecule has 0 aliphatic heterocycles. The maximum atomic E-state index is 12.9. The van der Waals surface area contributed by atoms with Crippen LogP contribution in [0.5, 0.6) is 11.6 Å². The first-order valence-electron chi connectivity index (χ1n) is 4.63. The molecule has 0 unspecified atom stereocenters. The molecule has 0 amide bonds. The highest BCUT2D eigenvalue weighted by molar-refractivity contribution is 5.26. The molecule has 0 spiro atoms. The molecule has 0 saturated carbocycles. The van der Waals surface area contributed by atoms with Crippen molar-refractivity contribution in [3.63, 3.8) is 0 Å². The molecule has 5 heteroatoms. The minimum Gasteiger partial charge on any atom is -0.437 e. The lowest BCUT2D eigenvalue weighted by Crippen LogP contribution is -1.94. The predicted octanol–water partition coefficient (Wildman–Crippen LogP) is 1.90. The molecule has 0 atom stereocenters. The molecule has 16 heavy (non-hydrogen) atoms. The first kappa shape index (κ1) is 10.5. The summed E-state index contributed by atoms with van der Waals surface area (Å²) in [7, 11) is 0. The Labute approximate surface area is 91.4 Å². The predicted molar refractivity (Wildman–Crippen MR) is 54.4 cm³/mol. The Kier molecular flexibility index (Phi) is 3.07. The standard InChI is InChI=1S/C11H9FN2O2/c12-8-2-1-3-10(4-8)16-11-6-13-5-9(7-15)14-11/h1-6,15H,7H2. The number of aliphatic hydroxyl groups excluding tert-OH is 1. The number of aliphatic hydroxyl groups is 1. The van der Waals surface area contributed by atoms with Crippen molar-refractivity contribution in [3.8, 4) is 11.6 Å². The molecule has 82 valence electrons. The zero-order chi connectivity index (χ0) is 11.4. The van der Waals surface area contributed by atoms with Gasteiger partial charge >= 0.3 is 0 Å². The molecule has 1 aromatic carbocycles. The Balaban J connectivity index is 2.20. The van der Waals surface area contributed by atoms with Crippen molar-refractivity contribution in [2.45, 2.75) is 6.61 Å². The number of aromatic nitrogens is 2. The average Bonchev–Trinajstić information content (AvgIpc) is 2.29. The fourth-order valence-electron chi connectivity index (χ4n) is 1.16. The lowest BCUT2D eigenvalue weighted by molar-refractivity contribution is 0.274. The maximum absolute atomic E-state index is 12.9. The summed E-state index contributed by atoms with van der Waals surface area (Å²) in [6, 6.07) is 5.71. The van der Waals surface area contributed by atoms with Crippen LogP contribution >= 0.6 is 0 Å². The third kappa shape index (κ3) is 2.52. The monoisotopic (exact) mass is 220 g/mol. The zero-order valence-electron chi connectivity index (χ0n) is 8.30. The van der Waals surface area contributed by atoms with Crippen molar-refractivity contribution < 1.29 is 14.2 Å². The number of rotatable bonds is 3. The highest BCUT2D eigenvalue weighted by Crippen LogP contribution is 2.19. The number of ether oxygens (including phenoxy) is 1. The van der Waals surface area contributed by atoms with E-state index in [0.717, 1.165) is 0 Å². The van der Waals surface area contributed by atoms with Crippen molar-refractivity contribution in [1.82, 2.24) is 9.97 Å². The fourth-order valence-corrected chi connectivity index (χ4v) is 1.16. The van der Waals surface area contributed by atoms with Gasteiger partial charge in [-0.05, 0) is 12.1 Å². The molecule has 2 rings (SSSR count). The van der Waals surface area contributed by atoms with Crippen LogP contribution in [0, 0.1) is 5.82 Å². The summed E-state index contributed by atoms with van der Waals surface area (Å²) < 4.78 is 18.1. The van der Waals surface area contributed by atoms with E-state index < -0.39 is 0 Å². The highest BCUT2D eigenvalue weighted by atomic mass is 19.1. The summed E-state index contributed by atoms with van der Waals surface area (Å²) in [6.45, 7) is -0.215. The molecule has 0 radical (unpaired) electrons. The second-order valence-corrected chi connectivity index (χ2v) is 3.07. The molecule has 4 nitrogen and oxygen atoms in total. The molecular weight excluding hydrogens is 211 g/mol. The molecule has 1 aromatic heterocycles. The molecular formula is C11H9FN2O2. The Morgan fingerprint density at radius 2 is 2.19 bits per heavy atom. The lowest BCUT2D eigenvalue weighted by Gasteiger charge is -2.04. The summed E-state index contributed by atoms with van der Waals surface area (Å²) in [4.78, 5) is 7.79. The zero-order valence-corrected chi connectivity index (χ0v) is 8.30. The topological polar surface area (TPSA) is 55.2 Å². The van der Waals surface area contributed by atoms with E-state index >= 15 is 0 Å². The van der Waals surface area contributed by atoms with Crippen LogP contribution in [-0.2, 0) is 6.61 Å². The SMILES string of the molecule is OCc1cncc(Oc2cccc(F)c2)n1. The van der Waals surface area contributed by atoms with Gasteiger partial charge < -0.3 is 9.84 Å². The van der Waals surface area contributed by atoms with E-state index in [9.17, 15) is 4.39 Å². The van der Waals surface area contributed by atoms with Crippen molar-refractivity contribution in [2.24, 2.45) is 0 Å². The molecule has 1 N–H and O–H groups in total. The third-order valence-corrected chi connectivity index (χ3v) is 1.84. The first-order chi connectivity index (χ1) is 7.78. The quantitative estimate of drug-likeness (QED) is 0.858. The van der Waals surface area contributed by atoms with Crippen molar-refractivity contribution >= 4 is 0 Å². The summed E-state index contributed by atoms with van der Waals surface area (Å²) in [5.74, 6) is 0.172. The number of hydrogen-bond donors (Lipinski definition) is 1. The number of nitrogens with zero attached hydrogens (tertiary/aromatic N) is 2. The molecule has 2 aromatic rings. The minimum absolute atomic E-state index is 0.215. The van der Waals surface area contributed by atoms with E-state index in [4.69, 9.17) is 9.84 Å². The van der Waals surface area contributed by atoms with Gasteiger partial charge in [-0.3, -0.25) is 4.98 Å². The second-order valence-electron chi connectivity index (χ2n) is 3.07. The molecule has 0 saturated heterocycles. The Morgan fingerprint density at radius 1 is 1.31 bits per heavy atom. The van der Waals surface area contributed by atoms with Gasteiger partial charge in [0.05, 0.1) is 24.7 Å². The second kappa shape index (κ2) is 4.67. The van der Waals surface area contributed by atoms with Crippen LogP contribution in [0.25, 0.3) is 0 Å². The van der Waals surface area contributed by atoms with Gasteiger partial charge in [-0.15, -0.1) is 0 Å². The van der Waals surface area contributed by atoms with Crippen molar-refractivity contribution in [3.05, 3.63) is 48.2 Å². The van der Waals surface area contributed by atoms with Crippen LogP contribution in [-0.4, -0.2) is 15.1 Å². The van der Waals surface area contributed by atoms with Crippen LogP contribution in [0.4, 0.5) is 4.39 Å². The van der Waals surface area contributed by atoms with Crippen LogP contribution in [0.1, 0.15) is 5.69 Å². The van der Waals surface area contributed by atoms with E-state index in [1.807, 2.05) is 0 Å². The summed E-state index contributed by atoms with van der Waals surface area (Å²) in [6.07, 6.45) is 2.82. The fraction of sp³-hybridized carbons (Fsp3) is 0.0909. The molecule has 0 bridgehead atoms. The van der Waals surface area contributed by atoms with Gasteiger partial charge in [-0.25, -0.2) is 9.37 Å². The van der Waals surface area contributed by atoms with Gasteiger partial charge in [0.2, 0.25) is 5.88 Å². The molecule has 0 aliphatic carbocycles. The molecule has 0 aliphatic rings. The van der Waals surface area contributed by atoms with Crippen molar-refractivity contribution in [2.75, 3.05) is 0 Å². The van der Waals surface area contributed by atoms with E-state index in [1.165, 1.54) is 30.6 Å². The van der Waals surface area contributed by atoms with Gasteiger partial charge in [0.15, 0.2) is 0 Å². The average molecular weight is 220 g/mol. The number of hydrogen-bond acceptors (Lipinski definition) is 4. The van der Waals surface area contributed by atoms with E-state index in [0.29, 0.717) is 11.4 Å². The minimum atomic E-state index is -0.385. The Bertz CT molecular complexity index is 491. The van der Waals surface area contributed by atoms with E-state index in [2.05, 4.69) is 9.97 Å². The largest absolute Gasteiger partial charge is 0.437 e. The van der Waals surface area contributed by atoms with Crippen molar-refractivity contribution in [1.29, 1.82) is 0 Å². The lowest BCUT2D eigenvalue weighted by atomic mass is 10.3. The van der Waals surface area contributed by atoms with Gasteiger partial charge in [0, 0.05) is 6.07 Å². The number of benzene rings is 1. The summed E-state index contributed by atoms with van der Waals surface area (Å²) >= 11 is 0. The summed E-state index contributed by atoms with van der Waals surface area (Å²) in [5, 5.41) is 8.85. The van der Waals surface area contributed by atoms with Gasteiger partial charge in [0.25, 0.3) is 0 Å². The smallest absolute Gasteiger partial charge is 0.238 e. The van der Waals surface area contributed by atoms with Crippen LogP contribution in [0.3, 0.4) is 0 Å². The maximum Gasteiger partial charge on any atom is 0.238 e. The van der Waals surface area contributed by atoms with Gasteiger partial charge in [-0.1, -0.05) is 6.07 Å². The first-order valence-corrected chi connectivity index (χ1v) is 4.63. The number of halogens is 1. The van der Waals surface area contributed by atoms with Crippen LogP contribution < -0.4 is 4.74 Å². The Morgan fingerprint density at radius 3 is 2.94 bits per heavy atom. The van der Waals surface area contributed by atoms with Crippen LogP contribution in [0.2, 0.25) is 0 Å². The third-order valence-electron chi connectivity index (χ3n) is 1.84.